The number of nitriles is 1. The summed E-state index contributed by atoms with van der Waals surface area (Å²) in [6.45, 7) is 0.126. The molecule has 7 heteroatoms. The van der Waals surface area contributed by atoms with Crippen LogP contribution in [-0.4, -0.2) is 11.9 Å². The molecule has 1 saturated carbocycles. The fourth-order valence-electron chi connectivity index (χ4n) is 3.21. The van der Waals surface area contributed by atoms with Gasteiger partial charge in [-0.2, -0.15) is 5.26 Å². The zero-order chi connectivity index (χ0) is 20.8. The standard InChI is InChI=1S/C22H19FI2N2O2/c23-18-8-4-1-5-15(18)13-29-21-19(24)10-14(11-20(21)25)9-16(12-26)22(28)27-17-6-2-3-7-17/h1,4-5,8-11,17H,2-3,6-7,13H2,(H,27,28)/b16-9-. The van der Waals surface area contributed by atoms with Gasteiger partial charge in [0.1, 0.15) is 29.8 Å². The number of hydrogen-bond donors (Lipinski definition) is 1. The maximum absolute atomic E-state index is 13.8. The lowest BCUT2D eigenvalue weighted by Gasteiger charge is -2.13. The van der Waals surface area contributed by atoms with Crippen LogP contribution in [0.2, 0.25) is 0 Å². The first-order valence-electron chi connectivity index (χ1n) is 9.26. The maximum atomic E-state index is 13.8. The van der Waals surface area contributed by atoms with Crippen LogP contribution in [0.5, 0.6) is 5.75 Å². The van der Waals surface area contributed by atoms with E-state index in [-0.39, 0.29) is 29.9 Å². The van der Waals surface area contributed by atoms with Crippen LogP contribution in [0.3, 0.4) is 0 Å². The lowest BCUT2D eigenvalue weighted by Crippen LogP contribution is -2.33. The summed E-state index contributed by atoms with van der Waals surface area (Å²) < 4.78 is 21.3. The van der Waals surface area contributed by atoms with Crippen molar-refractivity contribution in [2.75, 3.05) is 0 Å². The number of nitrogens with one attached hydrogen (secondary N) is 1. The van der Waals surface area contributed by atoms with Gasteiger partial charge in [-0.05, 0) is 87.9 Å². The molecule has 0 aliphatic heterocycles. The number of amides is 1. The zero-order valence-corrected chi connectivity index (χ0v) is 19.9. The summed E-state index contributed by atoms with van der Waals surface area (Å²) in [6.07, 6.45) is 5.75. The van der Waals surface area contributed by atoms with Gasteiger partial charge < -0.3 is 10.1 Å². The van der Waals surface area contributed by atoms with E-state index in [4.69, 9.17) is 4.74 Å². The highest BCUT2D eigenvalue weighted by atomic mass is 127. The Kier molecular flexibility index (Phi) is 7.89. The number of halogens is 3. The van der Waals surface area contributed by atoms with Crippen molar-refractivity contribution in [1.29, 1.82) is 5.26 Å². The number of hydrogen-bond acceptors (Lipinski definition) is 3. The number of carbonyl (C=O) groups excluding carboxylic acids is 1. The Morgan fingerprint density at radius 1 is 1.24 bits per heavy atom. The average molecular weight is 616 g/mol. The number of carbonyl (C=O) groups is 1. The SMILES string of the molecule is N#C/C(=C/c1cc(I)c(OCc2ccccc2F)c(I)c1)C(=O)NC1CCCC1. The Balaban J connectivity index is 1.75. The summed E-state index contributed by atoms with van der Waals surface area (Å²) in [5, 5.41) is 12.4. The van der Waals surface area contributed by atoms with Gasteiger partial charge in [0.2, 0.25) is 0 Å². The Morgan fingerprint density at radius 2 is 1.90 bits per heavy atom. The molecule has 0 spiro atoms. The van der Waals surface area contributed by atoms with Gasteiger partial charge in [-0.25, -0.2) is 4.39 Å². The summed E-state index contributed by atoms with van der Waals surface area (Å²) in [7, 11) is 0. The van der Waals surface area contributed by atoms with Gasteiger partial charge >= 0.3 is 0 Å². The zero-order valence-electron chi connectivity index (χ0n) is 15.6. The van der Waals surface area contributed by atoms with Crippen LogP contribution in [0.4, 0.5) is 4.39 Å². The molecule has 3 rings (SSSR count). The van der Waals surface area contributed by atoms with E-state index in [1.54, 1.807) is 24.3 Å². The van der Waals surface area contributed by atoms with Crippen LogP contribution in [0.1, 0.15) is 36.8 Å². The second kappa shape index (κ2) is 10.4. The molecule has 4 nitrogen and oxygen atoms in total. The minimum absolute atomic E-state index is 0.0866. The highest BCUT2D eigenvalue weighted by Gasteiger charge is 2.19. The first-order chi connectivity index (χ1) is 14.0. The summed E-state index contributed by atoms with van der Waals surface area (Å²) in [5.41, 5.74) is 1.32. The highest BCUT2D eigenvalue weighted by Crippen LogP contribution is 2.31. The van der Waals surface area contributed by atoms with E-state index in [0.717, 1.165) is 38.4 Å². The summed E-state index contributed by atoms with van der Waals surface area (Å²) in [5.74, 6) is 0.0221. The van der Waals surface area contributed by atoms with Crippen LogP contribution >= 0.6 is 45.2 Å². The van der Waals surface area contributed by atoms with Crippen molar-refractivity contribution in [3.63, 3.8) is 0 Å². The molecule has 2 aromatic carbocycles. The van der Waals surface area contributed by atoms with E-state index >= 15 is 0 Å². The predicted octanol–water partition coefficient (Wildman–Crippen LogP) is 5.58. The molecule has 0 atom stereocenters. The molecular weight excluding hydrogens is 597 g/mol. The van der Waals surface area contributed by atoms with Crippen molar-refractivity contribution >= 4 is 57.2 Å². The third-order valence-electron chi connectivity index (χ3n) is 4.72. The normalized spacial score (nSPS) is 14.5. The minimum atomic E-state index is -0.329. The average Bonchev–Trinajstić information content (AvgIpc) is 3.19. The van der Waals surface area contributed by atoms with Gasteiger partial charge in [-0.15, -0.1) is 0 Å². The molecular formula is C22H19FI2N2O2. The fourth-order valence-corrected chi connectivity index (χ4v) is 5.34. The largest absolute Gasteiger partial charge is 0.487 e. The molecule has 0 saturated heterocycles. The van der Waals surface area contributed by atoms with Gasteiger partial charge in [0, 0.05) is 11.6 Å². The van der Waals surface area contributed by atoms with Crippen molar-refractivity contribution in [3.05, 3.63) is 66.1 Å². The summed E-state index contributed by atoms with van der Waals surface area (Å²) in [4.78, 5) is 12.4. The van der Waals surface area contributed by atoms with Crippen LogP contribution in [0.15, 0.2) is 42.0 Å². The van der Waals surface area contributed by atoms with Crippen molar-refractivity contribution in [2.45, 2.75) is 38.3 Å². The number of ether oxygens (including phenoxy) is 1. The third kappa shape index (κ3) is 5.92. The molecule has 1 amide bonds. The Labute approximate surface area is 196 Å². The smallest absolute Gasteiger partial charge is 0.262 e. The Morgan fingerprint density at radius 3 is 2.52 bits per heavy atom. The molecule has 1 aliphatic rings. The maximum Gasteiger partial charge on any atom is 0.262 e. The first kappa shape index (κ1) is 22.0. The van der Waals surface area contributed by atoms with Crippen LogP contribution in [0.25, 0.3) is 6.08 Å². The molecule has 150 valence electrons. The quantitative estimate of drug-likeness (QED) is 0.262. The number of nitrogens with zero attached hydrogens (tertiary/aromatic N) is 1. The van der Waals surface area contributed by atoms with E-state index < -0.39 is 0 Å². The molecule has 1 aliphatic carbocycles. The molecule has 1 fully saturated rings. The molecule has 0 unspecified atom stereocenters. The second-order valence-corrected chi connectivity index (χ2v) is 9.14. The Hall–Kier alpha value is -1.67. The van der Waals surface area contributed by atoms with E-state index in [0.29, 0.717) is 11.3 Å². The van der Waals surface area contributed by atoms with Gasteiger partial charge in [0.05, 0.1) is 7.14 Å². The van der Waals surface area contributed by atoms with Gasteiger partial charge in [0.25, 0.3) is 5.91 Å². The van der Waals surface area contributed by atoms with Crippen molar-refractivity contribution < 1.29 is 13.9 Å². The topological polar surface area (TPSA) is 62.1 Å². The fraction of sp³-hybridized carbons (Fsp3) is 0.273. The molecule has 0 heterocycles. The van der Waals surface area contributed by atoms with Crippen molar-refractivity contribution in [2.24, 2.45) is 0 Å². The van der Waals surface area contributed by atoms with E-state index in [2.05, 4.69) is 50.5 Å². The van der Waals surface area contributed by atoms with Crippen LogP contribution < -0.4 is 10.1 Å². The summed E-state index contributed by atoms with van der Waals surface area (Å²) >= 11 is 4.29. The van der Waals surface area contributed by atoms with Crippen molar-refractivity contribution in [1.82, 2.24) is 5.32 Å². The van der Waals surface area contributed by atoms with Crippen LogP contribution in [-0.2, 0) is 11.4 Å². The second-order valence-electron chi connectivity index (χ2n) is 6.82. The van der Waals surface area contributed by atoms with Gasteiger partial charge in [-0.1, -0.05) is 31.0 Å². The van der Waals surface area contributed by atoms with Crippen LogP contribution in [0, 0.1) is 24.3 Å². The third-order valence-corrected chi connectivity index (χ3v) is 6.32. The molecule has 0 aromatic heterocycles. The van der Waals surface area contributed by atoms with Gasteiger partial charge in [0.15, 0.2) is 0 Å². The Bertz CT molecular complexity index is 956. The predicted molar refractivity (Wildman–Crippen MR) is 127 cm³/mol. The molecule has 0 bridgehead atoms. The monoisotopic (exact) mass is 616 g/mol. The molecule has 1 N–H and O–H groups in total. The van der Waals surface area contributed by atoms with E-state index in [1.807, 2.05) is 18.2 Å². The highest BCUT2D eigenvalue weighted by molar-refractivity contribution is 14.1. The minimum Gasteiger partial charge on any atom is -0.487 e. The van der Waals surface area contributed by atoms with Gasteiger partial charge in [-0.3, -0.25) is 4.79 Å². The molecule has 29 heavy (non-hydrogen) atoms. The lowest BCUT2D eigenvalue weighted by atomic mass is 10.1. The molecule has 0 radical (unpaired) electrons. The number of rotatable bonds is 6. The lowest BCUT2D eigenvalue weighted by molar-refractivity contribution is -0.117. The van der Waals surface area contributed by atoms with E-state index in [9.17, 15) is 14.4 Å². The van der Waals surface area contributed by atoms with Crippen molar-refractivity contribution in [3.8, 4) is 11.8 Å². The molecule has 2 aromatic rings. The summed E-state index contributed by atoms with van der Waals surface area (Å²) in [6, 6.07) is 12.4. The first-order valence-corrected chi connectivity index (χ1v) is 11.4. The van der Waals surface area contributed by atoms with E-state index in [1.165, 1.54) is 6.07 Å². The number of benzene rings is 2.